The zero-order chi connectivity index (χ0) is 18.4. The molecule has 0 aliphatic carbocycles. The molecule has 0 amide bonds. The first-order valence-corrected chi connectivity index (χ1v) is 10.3. The number of aliphatic imine (C=N–C) groups is 1. The van der Waals surface area contributed by atoms with Gasteiger partial charge in [0, 0.05) is 37.1 Å². The summed E-state index contributed by atoms with van der Waals surface area (Å²) in [6, 6.07) is 14.0. The Morgan fingerprint density at radius 3 is 2.67 bits per heavy atom. The average molecular weight is 498 g/mol. The third kappa shape index (κ3) is 6.47. The lowest BCUT2D eigenvalue weighted by atomic mass is 9.97. The molecule has 2 N–H and O–H groups in total. The van der Waals surface area contributed by atoms with Crippen molar-refractivity contribution < 1.29 is 0 Å². The number of nitrogens with one attached hydrogen (secondary N) is 2. The fourth-order valence-corrected chi connectivity index (χ4v) is 4.39. The fraction of sp³-hybridized carbons (Fsp3) is 0.476. The second kappa shape index (κ2) is 11.0. The number of likely N-dealkylation sites (tertiary alicyclic amines) is 1. The number of guanidine groups is 1. The number of benzene rings is 1. The van der Waals surface area contributed by atoms with E-state index >= 15 is 0 Å². The van der Waals surface area contributed by atoms with Crippen LogP contribution in [0.5, 0.6) is 0 Å². The van der Waals surface area contributed by atoms with E-state index < -0.39 is 0 Å². The van der Waals surface area contributed by atoms with Gasteiger partial charge in [0.15, 0.2) is 5.96 Å². The maximum atomic E-state index is 4.41. The number of hydrogen-bond donors (Lipinski definition) is 2. The lowest BCUT2D eigenvalue weighted by molar-refractivity contribution is 0.134. The van der Waals surface area contributed by atoms with Gasteiger partial charge >= 0.3 is 0 Å². The van der Waals surface area contributed by atoms with Gasteiger partial charge in [-0.2, -0.15) is 0 Å². The van der Waals surface area contributed by atoms with Crippen LogP contribution in [0.2, 0.25) is 0 Å². The molecule has 2 heterocycles. The first-order valence-electron chi connectivity index (χ1n) is 9.44. The van der Waals surface area contributed by atoms with Crippen LogP contribution in [0.4, 0.5) is 0 Å². The molecule has 148 valence electrons. The highest BCUT2D eigenvalue weighted by Gasteiger charge is 2.25. The standard InChI is InChI=1S/C21H30N4S.HI/c1-16-10-12-26-20(16)14-23-21(22-3)24-19-9-11-25(17(2)13-19)15-18-7-5-4-6-8-18;/h4-8,10,12,17,19H,9,11,13-15H2,1-3H3,(H2,22,23,24);1H. The highest BCUT2D eigenvalue weighted by molar-refractivity contribution is 14.0. The maximum Gasteiger partial charge on any atom is 0.191 e. The van der Waals surface area contributed by atoms with E-state index in [0.717, 1.165) is 38.4 Å². The molecule has 1 aliphatic rings. The summed E-state index contributed by atoms with van der Waals surface area (Å²) in [6.07, 6.45) is 2.29. The van der Waals surface area contributed by atoms with Gasteiger partial charge in [-0.3, -0.25) is 9.89 Å². The van der Waals surface area contributed by atoms with Crippen molar-refractivity contribution in [2.75, 3.05) is 13.6 Å². The molecular weight excluding hydrogens is 467 g/mol. The van der Waals surface area contributed by atoms with Crippen molar-refractivity contribution in [1.29, 1.82) is 0 Å². The molecule has 1 aromatic heterocycles. The molecule has 3 rings (SSSR count). The summed E-state index contributed by atoms with van der Waals surface area (Å²) in [5.41, 5.74) is 2.75. The van der Waals surface area contributed by atoms with Gasteiger partial charge in [0.05, 0.1) is 6.54 Å². The summed E-state index contributed by atoms with van der Waals surface area (Å²) in [7, 11) is 1.85. The van der Waals surface area contributed by atoms with Gasteiger partial charge in [-0.05, 0) is 49.3 Å². The Hall–Kier alpha value is -1.12. The predicted octanol–water partition coefficient (Wildman–Crippen LogP) is 4.39. The summed E-state index contributed by atoms with van der Waals surface area (Å²) < 4.78 is 0. The van der Waals surface area contributed by atoms with E-state index in [4.69, 9.17) is 0 Å². The Bertz CT molecular complexity index is 716. The third-order valence-electron chi connectivity index (χ3n) is 5.19. The Labute approximate surface area is 184 Å². The summed E-state index contributed by atoms with van der Waals surface area (Å²) in [6.45, 7) is 7.50. The molecule has 1 saturated heterocycles. The summed E-state index contributed by atoms with van der Waals surface area (Å²) in [5.74, 6) is 0.909. The molecule has 0 bridgehead atoms. The normalized spacial score (nSPS) is 20.8. The van der Waals surface area contributed by atoms with E-state index in [9.17, 15) is 0 Å². The van der Waals surface area contributed by atoms with Crippen LogP contribution in [0, 0.1) is 6.92 Å². The summed E-state index contributed by atoms with van der Waals surface area (Å²) in [5, 5.41) is 9.23. The molecule has 2 atom stereocenters. The molecule has 1 aliphatic heterocycles. The maximum absolute atomic E-state index is 4.41. The van der Waals surface area contributed by atoms with Crippen LogP contribution < -0.4 is 10.6 Å². The monoisotopic (exact) mass is 498 g/mol. The second-order valence-corrected chi connectivity index (χ2v) is 8.12. The molecule has 1 fully saturated rings. The van der Waals surface area contributed by atoms with Gasteiger partial charge in [0.2, 0.25) is 0 Å². The highest BCUT2D eigenvalue weighted by Crippen LogP contribution is 2.20. The SMILES string of the molecule is CN=C(NCc1sccc1C)NC1CCN(Cc2ccccc2)C(C)C1.I. The van der Waals surface area contributed by atoms with Crippen LogP contribution in [0.25, 0.3) is 0 Å². The molecule has 2 unspecified atom stereocenters. The zero-order valence-corrected chi connectivity index (χ0v) is 19.6. The lowest BCUT2D eigenvalue weighted by Crippen LogP contribution is -2.51. The van der Waals surface area contributed by atoms with E-state index in [0.29, 0.717) is 12.1 Å². The predicted molar refractivity (Wildman–Crippen MR) is 127 cm³/mol. The number of nitrogens with zero attached hydrogens (tertiary/aromatic N) is 2. The van der Waals surface area contributed by atoms with Crippen molar-refractivity contribution >= 4 is 41.3 Å². The Morgan fingerprint density at radius 2 is 2.04 bits per heavy atom. The topological polar surface area (TPSA) is 39.7 Å². The van der Waals surface area contributed by atoms with Gasteiger partial charge in [0.25, 0.3) is 0 Å². The highest BCUT2D eigenvalue weighted by atomic mass is 127. The van der Waals surface area contributed by atoms with Crippen molar-refractivity contribution in [3.63, 3.8) is 0 Å². The minimum atomic E-state index is 0. The number of rotatable bonds is 5. The lowest BCUT2D eigenvalue weighted by Gasteiger charge is -2.38. The first kappa shape index (κ1) is 22.2. The van der Waals surface area contributed by atoms with Crippen LogP contribution in [0.1, 0.15) is 35.8 Å². The van der Waals surface area contributed by atoms with E-state index in [1.807, 2.05) is 7.05 Å². The third-order valence-corrected chi connectivity index (χ3v) is 6.21. The molecule has 0 radical (unpaired) electrons. The van der Waals surface area contributed by atoms with Gasteiger partial charge in [-0.15, -0.1) is 35.3 Å². The number of thiophene rings is 1. The summed E-state index contributed by atoms with van der Waals surface area (Å²) >= 11 is 1.80. The van der Waals surface area contributed by atoms with E-state index in [-0.39, 0.29) is 24.0 Å². The number of hydrogen-bond acceptors (Lipinski definition) is 3. The van der Waals surface area contributed by atoms with Crippen molar-refractivity contribution in [2.24, 2.45) is 4.99 Å². The minimum absolute atomic E-state index is 0. The molecule has 1 aromatic carbocycles. The summed E-state index contributed by atoms with van der Waals surface area (Å²) in [4.78, 5) is 8.36. The van der Waals surface area contributed by atoms with Gasteiger partial charge in [-0.25, -0.2) is 0 Å². The van der Waals surface area contributed by atoms with Crippen molar-refractivity contribution in [2.45, 2.75) is 51.9 Å². The largest absolute Gasteiger partial charge is 0.354 e. The van der Waals surface area contributed by atoms with Crippen LogP contribution in [0.3, 0.4) is 0 Å². The number of halogens is 1. The van der Waals surface area contributed by atoms with Crippen LogP contribution in [0.15, 0.2) is 46.8 Å². The van der Waals surface area contributed by atoms with Crippen LogP contribution >= 0.6 is 35.3 Å². The molecule has 4 nitrogen and oxygen atoms in total. The number of aryl methyl sites for hydroxylation is 1. The quantitative estimate of drug-likeness (QED) is 0.365. The van der Waals surface area contributed by atoms with E-state index in [2.05, 4.69) is 76.2 Å². The first-order chi connectivity index (χ1) is 12.7. The molecule has 2 aromatic rings. The van der Waals surface area contributed by atoms with E-state index in [1.54, 1.807) is 11.3 Å². The number of piperidine rings is 1. The van der Waals surface area contributed by atoms with Gasteiger partial charge < -0.3 is 10.6 Å². The Balaban J connectivity index is 0.00000261. The van der Waals surface area contributed by atoms with Crippen LogP contribution in [-0.4, -0.2) is 36.5 Å². The van der Waals surface area contributed by atoms with Crippen molar-refractivity contribution in [3.05, 3.63) is 57.8 Å². The van der Waals surface area contributed by atoms with Crippen LogP contribution in [-0.2, 0) is 13.1 Å². The Kier molecular flexibility index (Phi) is 9.05. The van der Waals surface area contributed by atoms with Crippen molar-refractivity contribution in [3.8, 4) is 0 Å². The van der Waals surface area contributed by atoms with E-state index in [1.165, 1.54) is 16.0 Å². The smallest absolute Gasteiger partial charge is 0.191 e. The molecular formula is C21H31IN4S. The zero-order valence-electron chi connectivity index (χ0n) is 16.4. The van der Waals surface area contributed by atoms with Gasteiger partial charge in [0.1, 0.15) is 0 Å². The molecule has 6 heteroatoms. The van der Waals surface area contributed by atoms with Gasteiger partial charge in [-0.1, -0.05) is 30.3 Å². The molecule has 27 heavy (non-hydrogen) atoms. The Morgan fingerprint density at radius 1 is 1.26 bits per heavy atom. The second-order valence-electron chi connectivity index (χ2n) is 7.12. The molecule has 0 saturated carbocycles. The fourth-order valence-electron chi connectivity index (χ4n) is 3.54. The minimum Gasteiger partial charge on any atom is -0.354 e. The molecule has 0 spiro atoms. The average Bonchev–Trinajstić information content (AvgIpc) is 3.06. The van der Waals surface area contributed by atoms with Crippen molar-refractivity contribution in [1.82, 2.24) is 15.5 Å².